The number of benzene rings is 1. The molecule has 2 atom stereocenters. The summed E-state index contributed by atoms with van der Waals surface area (Å²) in [5, 5.41) is 13.9. The lowest BCUT2D eigenvalue weighted by Gasteiger charge is -2.29. The Morgan fingerprint density at radius 2 is 2.17 bits per heavy atom. The van der Waals surface area contributed by atoms with Gasteiger partial charge in [-0.25, -0.2) is 0 Å². The summed E-state index contributed by atoms with van der Waals surface area (Å²) in [5.41, 5.74) is -0.141. The third-order valence-corrected chi connectivity index (χ3v) is 4.13. The summed E-state index contributed by atoms with van der Waals surface area (Å²) in [7, 11) is 0. The van der Waals surface area contributed by atoms with Gasteiger partial charge in [-0.15, -0.1) is 0 Å². The third kappa shape index (κ3) is 4.51. The van der Waals surface area contributed by atoms with Crippen LogP contribution in [0.4, 0.5) is 5.69 Å². The van der Waals surface area contributed by atoms with E-state index in [0.29, 0.717) is 12.2 Å². The molecule has 0 heterocycles. The van der Waals surface area contributed by atoms with E-state index < -0.39 is 4.92 Å². The molecule has 0 saturated heterocycles. The molecule has 0 aliphatic heterocycles. The molecule has 23 heavy (non-hydrogen) atoms. The van der Waals surface area contributed by atoms with Crippen LogP contribution in [0.25, 0.3) is 0 Å². The van der Waals surface area contributed by atoms with E-state index in [1.807, 2.05) is 0 Å². The third-order valence-electron chi connectivity index (χ3n) is 4.13. The number of rotatable bonds is 6. The van der Waals surface area contributed by atoms with Crippen LogP contribution in [-0.4, -0.2) is 29.8 Å². The monoisotopic (exact) mass is 320 g/mol. The van der Waals surface area contributed by atoms with Gasteiger partial charge in [0.2, 0.25) is 0 Å². The largest absolute Gasteiger partial charge is 0.477 e. The van der Waals surface area contributed by atoms with Gasteiger partial charge in [0, 0.05) is 17.7 Å². The van der Waals surface area contributed by atoms with Gasteiger partial charge in [-0.2, -0.15) is 0 Å². The van der Waals surface area contributed by atoms with Crippen molar-refractivity contribution < 1.29 is 19.2 Å². The van der Waals surface area contributed by atoms with Crippen molar-refractivity contribution in [1.29, 1.82) is 0 Å². The smallest absolute Gasteiger partial charge is 0.311 e. The van der Waals surface area contributed by atoms with Crippen LogP contribution < -0.4 is 10.1 Å². The predicted octanol–water partition coefficient (Wildman–Crippen LogP) is 2.48. The summed E-state index contributed by atoms with van der Waals surface area (Å²) < 4.78 is 5.27. The van der Waals surface area contributed by atoms with Gasteiger partial charge in [-0.3, -0.25) is 19.7 Å². The lowest BCUT2D eigenvalue weighted by Crippen LogP contribution is -2.43. The van der Waals surface area contributed by atoms with Crippen LogP contribution in [-0.2, 0) is 4.79 Å². The average Bonchev–Trinajstić information content (AvgIpc) is 2.54. The second kappa shape index (κ2) is 7.71. The molecule has 124 valence electrons. The van der Waals surface area contributed by atoms with Crippen LogP contribution in [0.3, 0.4) is 0 Å². The normalized spacial score (nSPS) is 20.6. The molecule has 0 unspecified atom stereocenters. The van der Waals surface area contributed by atoms with Crippen molar-refractivity contribution in [1.82, 2.24) is 5.32 Å². The fourth-order valence-corrected chi connectivity index (χ4v) is 2.79. The van der Waals surface area contributed by atoms with Crippen molar-refractivity contribution in [2.45, 2.75) is 38.6 Å². The van der Waals surface area contributed by atoms with Crippen LogP contribution in [0.1, 0.15) is 43.0 Å². The zero-order valence-corrected chi connectivity index (χ0v) is 13.0. The van der Waals surface area contributed by atoms with Crippen LogP contribution in [0.5, 0.6) is 5.75 Å². The predicted molar refractivity (Wildman–Crippen MR) is 83.5 cm³/mol. The van der Waals surface area contributed by atoms with Gasteiger partial charge in [0.25, 0.3) is 5.91 Å². The number of carbonyl (C=O) groups is 2. The molecule has 1 aliphatic rings. The standard InChI is InChI=1S/C16H20N2O5/c1-11-4-2-3-5-13(11)17-16(20)10-23-15-7-6-12(9-19)8-14(15)18(21)22/h6-9,11,13H,2-5,10H2,1H3,(H,17,20)/t11-,13-/m0/s1. The highest BCUT2D eigenvalue weighted by Crippen LogP contribution is 2.27. The summed E-state index contributed by atoms with van der Waals surface area (Å²) in [6.07, 6.45) is 4.83. The number of hydrogen-bond acceptors (Lipinski definition) is 5. The van der Waals surface area contributed by atoms with E-state index in [4.69, 9.17) is 4.74 Å². The van der Waals surface area contributed by atoms with Crippen LogP contribution >= 0.6 is 0 Å². The minimum Gasteiger partial charge on any atom is -0.477 e. The molecular weight excluding hydrogens is 300 g/mol. The molecule has 0 aromatic heterocycles. The number of nitro benzene ring substituents is 1. The van der Waals surface area contributed by atoms with Crippen molar-refractivity contribution in [2.75, 3.05) is 6.61 Å². The highest BCUT2D eigenvalue weighted by Gasteiger charge is 2.23. The number of nitro groups is 1. The fourth-order valence-electron chi connectivity index (χ4n) is 2.79. The lowest BCUT2D eigenvalue weighted by atomic mass is 9.86. The number of hydrogen-bond donors (Lipinski definition) is 1. The first-order valence-electron chi connectivity index (χ1n) is 7.67. The van der Waals surface area contributed by atoms with Gasteiger partial charge in [0.05, 0.1) is 4.92 Å². The van der Waals surface area contributed by atoms with Gasteiger partial charge in [-0.05, 0) is 30.9 Å². The first-order valence-corrected chi connectivity index (χ1v) is 7.67. The zero-order chi connectivity index (χ0) is 16.8. The van der Waals surface area contributed by atoms with Gasteiger partial charge in [0.15, 0.2) is 12.4 Å². The summed E-state index contributed by atoms with van der Waals surface area (Å²) in [6.45, 7) is 1.82. The van der Waals surface area contributed by atoms with Gasteiger partial charge >= 0.3 is 5.69 Å². The van der Waals surface area contributed by atoms with Crippen molar-refractivity contribution in [2.24, 2.45) is 5.92 Å². The first-order chi connectivity index (χ1) is 11.0. The Labute approximate surface area is 134 Å². The minimum absolute atomic E-state index is 0.0209. The van der Waals surface area contributed by atoms with E-state index in [0.717, 1.165) is 25.3 Å². The van der Waals surface area contributed by atoms with E-state index in [2.05, 4.69) is 12.2 Å². The van der Waals surface area contributed by atoms with E-state index in [1.54, 1.807) is 0 Å². The number of aldehydes is 1. The Morgan fingerprint density at radius 3 is 2.83 bits per heavy atom. The van der Waals surface area contributed by atoms with Crippen molar-refractivity contribution in [3.63, 3.8) is 0 Å². The molecule has 0 bridgehead atoms. The summed E-state index contributed by atoms with van der Waals surface area (Å²) in [4.78, 5) is 33.0. The summed E-state index contributed by atoms with van der Waals surface area (Å²) >= 11 is 0. The van der Waals surface area contributed by atoms with E-state index in [9.17, 15) is 19.7 Å². The first kappa shape index (κ1) is 16.9. The quantitative estimate of drug-likeness (QED) is 0.493. The molecule has 7 nitrogen and oxygen atoms in total. The molecule has 1 aliphatic carbocycles. The van der Waals surface area contributed by atoms with Gasteiger partial charge in [-0.1, -0.05) is 19.8 Å². The number of amides is 1. The maximum absolute atomic E-state index is 12.0. The molecule has 2 rings (SSSR count). The average molecular weight is 320 g/mol. The molecule has 0 radical (unpaired) electrons. The van der Waals surface area contributed by atoms with Crippen LogP contribution in [0.15, 0.2) is 18.2 Å². The highest BCUT2D eigenvalue weighted by atomic mass is 16.6. The van der Waals surface area contributed by atoms with Crippen LogP contribution in [0.2, 0.25) is 0 Å². The van der Waals surface area contributed by atoms with Gasteiger partial charge < -0.3 is 10.1 Å². The number of carbonyl (C=O) groups excluding carboxylic acids is 2. The molecule has 1 fully saturated rings. The SMILES string of the molecule is C[C@H]1CCCC[C@@H]1NC(=O)COc1ccc(C=O)cc1[N+](=O)[O-]. The lowest BCUT2D eigenvalue weighted by molar-refractivity contribution is -0.385. The molecule has 7 heteroatoms. The molecule has 1 amide bonds. The second-order valence-corrected chi connectivity index (χ2v) is 5.83. The highest BCUT2D eigenvalue weighted by molar-refractivity contribution is 5.79. The molecular formula is C16H20N2O5. The van der Waals surface area contributed by atoms with E-state index in [-0.39, 0.29) is 35.6 Å². The molecule has 1 aromatic rings. The Bertz CT molecular complexity index is 602. The summed E-state index contributed by atoms with van der Waals surface area (Å²) in [6, 6.07) is 4.01. The van der Waals surface area contributed by atoms with E-state index in [1.165, 1.54) is 18.6 Å². The molecule has 0 spiro atoms. The van der Waals surface area contributed by atoms with Crippen molar-refractivity contribution >= 4 is 17.9 Å². The molecule has 1 N–H and O–H groups in total. The minimum atomic E-state index is -0.635. The number of nitrogens with one attached hydrogen (secondary N) is 1. The topological polar surface area (TPSA) is 98.5 Å². The van der Waals surface area contributed by atoms with Crippen LogP contribution in [0, 0.1) is 16.0 Å². The van der Waals surface area contributed by atoms with Gasteiger partial charge in [0.1, 0.15) is 6.29 Å². The number of ether oxygens (including phenoxy) is 1. The fraction of sp³-hybridized carbons (Fsp3) is 0.500. The maximum Gasteiger partial charge on any atom is 0.311 e. The summed E-state index contributed by atoms with van der Waals surface area (Å²) in [5.74, 6) is 0.110. The van der Waals surface area contributed by atoms with Crippen molar-refractivity contribution in [3.05, 3.63) is 33.9 Å². The Hall–Kier alpha value is -2.44. The molecule has 1 saturated carbocycles. The molecule has 1 aromatic carbocycles. The number of nitrogens with zero attached hydrogens (tertiary/aromatic N) is 1. The Morgan fingerprint density at radius 1 is 1.43 bits per heavy atom. The maximum atomic E-state index is 12.0. The van der Waals surface area contributed by atoms with E-state index >= 15 is 0 Å². The zero-order valence-electron chi connectivity index (χ0n) is 13.0. The Balaban J connectivity index is 1.96. The van der Waals surface area contributed by atoms with Crippen molar-refractivity contribution in [3.8, 4) is 5.75 Å². The Kier molecular flexibility index (Phi) is 5.67. The second-order valence-electron chi connectivity index (χ2n) is 5.83.